The van der Waals surface area contributed by atoms with Crippen molar-refractivity contribution in [3.63, 3.8) is 0 Å². The molecule has 5 heteroatoms. The van der Waals surface area contributed by atoms with Crippen molar-refractivity contribution >= 4 is 11.6 Å². The number of carbonyl (C=O) groups is 1. The first-order chi connectivity index (χ1) is 10.4. The van der Waals surface area contributed by atoms with Crippen LogP contribution in [0.3, 0.4) is 0 Å². The molecule has 1 aromatic carbocycles. The topological polar surface area (TPSA) is 81.9 Å². The predicted octanol–water partition coefficient (Wildman–Crippen LogP) is 2.76. The van der Waals surface area contributed by atoms with Gasteiger partial charge in [0.25, 0.3) is 0 Å². The third kappa shape index (κ3) is 2.45. The SMILES string of the molecule is C/C(=N\NC(=O)C1C2CCCCC21C)c1ccc(O)cc1O. The van der Waals surface area contributed by atoms with Gasteiger partial charge in [0.2, 0.25) is 5.91 Å². The van der Waals surface area contributed by atoms with Gasteiger partial charge in [0.15, 0.2) is 0 Å². The lowest BCUT2D eigenvalue weighted by atomic mass is 9.90. The molecule has 2 saturated carbocycles. The summed E-state index contributed by atoms with van der Waals surface area (Å²) in [4.78, 5) is 12.3. The molecule has 0 aromatic heterocycles. The Labute approximate surface area is 130 Å². The van der Waals surface area contributed by atoms with Gasteiger partial charge in [-0.1, -0.05) is 19.8 Å². The normalized spacial score (nSPS) is 30.5. The van der Waals surface area contributed by atoms with Crippen LogP contribution in [-0.2, 0) is 4.79 Å². The molecule has 3 N–H and O–H groups in total. The molecular weight excluding hydrogens is 280 g/mol. The highest BCUT2D eigenvalue weighted by molar-refractivity contribution is 6.01. The van der Waals surface area contributed by atoms with Crippen molar-refractivity contribution in [1.82, 2.24) is 5.43 Å². The molecule has 3 atom stereocenters. The fourth-order valence-corrected chi connectivity index (χ4v) is 3.95. The summed E-state index contributed by atoms with van der Waals surface area (Å²) in [5.41, 5.74) is 3.81. The van der Waals surface area contributed by atoms with Gasteiger partial charge in [-0.3, -0.25) is 4.79 Å². The number of nitrogens with one attached hydrogen (secondary N) is 1. The van der Waals surface area contributed by atoms with Gasteiger partial charge >= 0.3 is 0 Å². The molecule has 0 saturated heterocycles. The van der Waals surface area contributed by atoms with Crippen LogP contribution in [0.25, 0.3) is 0 Å². The van der Waals surface area contributed by atoms with Crippen LogP contribution < -0.4 is 5.43 Å². The minimum Gasteiger partial charge on any atom is -0.508 e. The Morgan fingerprint density at radius 2 is 2.14 bits per heavy atom. The van der Waals surface area contributed by atoms with Gasteiger partial charge in [0.05, 0.1) is 5.71 Å². The largest absolute Gasteiger partial charge is 0.508 e. The summed E-state index contributed by atoms with van der Waals surface area (Å²) in [7, 11) is 0. The predicted molar refractivity (Wildman–Crippen MR) is 83.7 cm³/mol. The van der Waals surface area contributed by atoms with Gasteiger partial charge in [-0.05, 0) is 43.2 Å². The zero-order valence-corrected chi connectivity index (χ0v) is 13.0. The standard InChI is InChI=1S/C17H22N2O3/c1-10(12-7-6-11(20)9-14(12)21)18-19-16(22)15-13-5-3-4-8-17(13,15)2/h6-7,9,13,15,20-21H,3-5,8H2,1-2H3,(H,19,22)/b18-10+. The zero-order chi connectivity index (χ0) is 15.9. The Bertz CT molecular complexity index is 641. The molecule has 0 bridgehead atoms. The van der Waals surface area contributed by atoms with E-state index in [1.165, 1.54) is 25.0 Å². The number of nitrogens with zero attached hydrogens (tertiary/aromatic N) is 1. The van der Waals surface area contributed by atoms with Crippen LogP contribution in [0.15, 0.2) is 23.3 Å². The lowest BCUT2D eigenvalue weighted by molar-refractivity contribution is -0.123. The number of phenols is 2. The molecule has 1 amide bonds. The summed E-state index contributed by atoms with van der Waals surface area (Å²) in [5, 5.41) is 23.2. The summed E-state index contributed by atoms with van der Waals surface area (Å²) in [6, 6.07) is 4.31. The van der Waals surface area contributed by atoms with Gasteiger partial charge in [-0.15, -0.1) is 0 Å². The number of benzene rings is 1. The number of hydrogen-bond donors (Lipinski definition) is 3. The van der Waals surface area contributed by atoms with Crippen molar-refractivity contribution in [2.24, 2.45) is 22.4 Å². The number of rotatable bonds is 3. The number of hydrogen-bond acceptors (Lipinski definition) is 4. The van der Waals surface area contributed by atoms with Crippen molar-refractivity contribution in [3.05, 3.63) is 23.8 Å². The van der Waals surface area contributed by atoms with E-state index in [0.29, 0.717) is 17.2 Å². The Morgan fingerprint density at radius 3 is 2.77 bits per heavy atom. The molecule has 0 spiro atoms. The molecule has 3 unspecified atom stereocenters. The summed E-state index contributed by atoms with van der Waals surface area (Å²) >= 11 is 0. The van der Waals surface area contributed by atoms with E-state index in [9.17, 15) is 15.0 Å². The maximum Gasteiger partial charge on any atom is 0.244 e. The van der Waals surface area contributed by atoms with Crippen molar-refractivity contribution < 1.29 is 15.0 Å². The van der Waals surface area contributed by atoms with Crippen LogP contribution in [0.2, 0.25) is 0 Å². The number of amides is 1. The average Bonchev–Trinajstić information content (AvgIpc) is 3.10. The van der Waals surface area contributed by atoms with Crippen molar-refractivity contribution in [3.8, 4) is 11.5 Å². The van der Waals surface area contributed by atoms with E-state index < -0.39 is 0 Å². The highest BCUT2D eigenvalue weighted by Crippen LogP contribution is 2.66. The molecule has 2 aliphatic carbocycles. The number of fused-ring (bicyclic) bond motifs is 1. The number of aromatic hydroxyl groups is 2. The highest BCUT2D eigenvalue weighted by atomic mass is 16.3. The van der Waals surface area contributed by atoms with E-state index in [2.05, 4.69) is 17.5 Å². The molecule has 5 nitrogen and oxygen atoms in total. The van der Waals surface area contributed by atoms with E-state index >= 15 is 0 Å². The Morgan fingerprint density at radius 1 is 1.36 bits per heavy atom. The second kappa shape index (κ2) is 5.30. The van der Waals surface area contributed by atoms with Crippen molar-refractivity contribution in [2.75, 3.05) is 0 Å². The van der Waals surface area contributed by atoms with Gasteiger partial charge in [-0.2, -0.15) is 5.10 Å². The molecule has 0 aliphatic heterocycles. The molecule has 0 radical (unpaired) electrons. The highest BCUT2D eigenvalue weighted by Gasteiger charge is 2.64. The Hall–Kier alpha value is -2.04. The second-order valence-electron chi connectivity index (χ2n) is 6.71. The average molecular weight is 302 g/mol. The van der Waals surface area contributed by atoms with Crippen LogP contribution in [0, 0.1) is 17.3 Å². The minimum atomic E-state index is -0.0532. The first-order valence-electron chi connectivity index (χ1n) is 7.80. The summed E-state index contributed by atoms with van der Waals surface area (Å²) in [6.07, 6.45) is 4.68. The molecule has 2 fully saturated rings. The fraction of sp³-hybridized carbons (Fsp3) is 0.529. The first kappa shape index (κ1) is 14.9. The number of phenolic OH excluding ortho intramolecular Hbond substituents is 2. The smallest absolute Gasteiger partial charge is 0.244 e. The zero-order valence-electron chi connectivity index (χ0n) is 13.0. The van der Waals surface area contributed by atoms with Crippen LogP contribution in [0.5, 0.6) is 11.5 Å². The fourth-order valence-electron chi connectivity index (χ4n) is 3.95. The monoisotopic (exact) mass is 302 g/mol. The van der Waals surface area contributed by atoms with Gasteiger partial charge in [-0.25, -0.2) is 5.43 Å². The second-order valence-corrected chi connectivity index (χ2v) is 6.71. The first-order valence-corrected chi connectivity index (χ1v) is 7.80. The molecule has 2 aliphatic rings. The molecule has 118 valence electrons. The molecule has 22 heavy (non-hydrogen) atoms. The summed E-state index contributed by atoms with van der Waals surface area (Å²) in [6.45, 7) is 3.91. The van der Waals surface area contributed by atoms with Gasteiger partial charge in [0.1, 0.15) is 11.5 Å². The number of carbonyl (C=O) groups excluding carboxylic acids is 1. The molecule has 3 rings (SSSR count). The minimum absolute atomic E-state index is 0.00642. The van der Waals surface area contributed by atoms with Crippen molar-refractivity contribution in [2.45, 2.75) is 39.5 Å². The van der Waals surface area contributed by atoms with Crippen LogP contribution >= 0.6 is 0 Å². The number of hydrazone groups is 1. The summed E-state index contributed by atoms with van der Waals surface area (Å²) in [5.74, 6) is 0.487. The quantitative estimate of drug-likeness (QED) is 0.593. The maximum atomic E-state index is 12.3. The maximum absolute atomic E-state index is 12.3. The van der Waals surface area contributed by atoms with E-state index in [1.54, 1.807) is 13.0 Å². The Kier molecular flexibility index (Phi) is 3.59. The van der Waals surface area contributed by atoms with E-state index in [4.69, 9.17) is 0 Å². The van der Waals surface area contributed by atoms with E-state index in [0.717, 1.165) is 12.8 Å². The molecule has 1 aromatic rings. The third-order valence-corrected chi connectivity index (χ3v) is 5.32. The Balaban J connectivity index is 1.67. The molecular formula is C17H22N2O3. The van der Waals surface area contributed by atoms with Crippen LogP contribution in [0.1, 0.15) is 45.1 Å². The lowest BCUT2D eigenvalue weighted by Gasteiger charge is -2.15. The van der Waals surface area contributed by atoms with Crippen molar-refractivity contribution in [1.29, 1.82) is 0 Å². The molecule has 0 heterocycles. The lowest BCUT2D eigenvalue weighted by Crippen LogP contribution is -2.23. The van der Waals surface area contributed by atoms with Gasteiger partial charge < -0.3 is 10.2 Å². The van der Waals surface area contributed by atoms with E-state index in [1.807, 2.05) is 0 Å². The van der Waals surface area contributed by atoms with Crippen LogP contribution in [0.4, 0.5) is 0 Å². The summed E-state index contributed by atoms with van der Waals surface area (Å²) < 4.78 is 0. The van der Waals surface area contributed by atoms with Gasteiger partial charge in [0, 0.05) is 17.5 Å². The van der Waals surface area contributed by atoms with E-state index in [-0.39, 0.29) is 28.7 Å². The third-order valence-electron chi connectivity index (χ3n) is 5.32. The van der Waals surface area contributed by atoms with Crippen LogP contribution in [-0.4, -0.2) is 21.8 Å².